The van der Waals surface area contributed by atoms with Gasteiger partial charge in [0, 0.05) is 6.42 Å². The second-order valence-corrected chi connectivity index (χ2v) is 22.1. The number of aliphatic hydroxyl groups is 1. The van der Waals surface area contributed by atoms with Gasteiger partial charge in [0.25, 0.3) is 0 Å². The fraction of sp³-hybridized carbons (Fsp3) is 0.646. The zero-order chi connectivity index (χ0) is 54.2. The highest BCUT2D eigenvalue weighted by atomic mass is 31.2. The molecule has 0 heterocycles. The van der Waals surface area contributed by atoms with Gasteiger partial charge in [-0.25, -0.2) is 4.57 Å². The number of quaternary nitrogens is 1. The number of allylic oxidation sites excluding steroid dienone is 21. The third-order valence-electron chi connectivity index (χ3n) is 12.4. The first-order valence-corrected chi connectivity index (χ1v) is 31.1. The van der Waals surface area contributed by atoms with Gasteiger partial charge in [0.05, 0.1) is 39.9 Å². The Morgan fingerprint density at radius 1 is 0.473 bits per heavy atom. The molecule has 9 heteroatoms. The number of nitrogens with one attached hydrogen (secondary N) is 1. The van der Waals surface area contributed by atoms with Crippen LogP contribution in [0.2, 0.25) is 0 Å². The molecule has 0 saturated carbocycles. The van der Waals surface area contributed by atoms with E-state index in [2.05, 4.69) is 141 Å². The second kappa shape index (κ2) is 54.4. The quantitative estimate of drug-likeness (QED) is 0.0243. The summed E-state index contributed by atoms with van der Waals surface area (Å²) in [5, 5.41) is 13.8. The molecule has 0 bridgehead atoms. The summed E-state index contributed by atoms with van der Waals surface area (Å²) in [6.07, 6.45) is 82.9. The number of phosphoric acid groups is 1. The van der Waals surface area contributed by atoms with Gasteiger partial charge in [-0.2, -0.15) is 0 Å². The average Bonchev–Trinajstić information content (AvgIpc) is 3.36. The molecule has 0 aliphatic rings. The van der Waals surface area contributed by atoms with Gasteiger partial charge in [0.1, 0.15) is 13.2 Å². The SMILES string of the molecule is CC/C=C\C/C=C\C/C=C\C/C=C\C/C=C\C/C=C\C/C=C\C/C=C\C/C=C\CCCCCCCCCCCCCCCC(=O)NC(COP(=O)(O)OCC[N+](C)(C)C)C(O)/C=C/CC/C=C/CCCCCCC. The topological polar surface area (TPSA) is 105 Å². The lowest BCUT2D eigenvalue weighted by Gasteiger charge is -2.25. The van der Waals surface area contributed by atoms with Crippen LogP contribution < -0.4 is 5.32 Å². The molecule has 8 nitrogen and oxygen atoms in total. The molecule has 0 rings (SSSR count). The third-order valence-corrected chi connectivity index (χ3v) is 13.3. The molecular formula is C65H112N2O6P+. The predicted molar refractivity (Wildman–Crippen MR) is 322 cm³/mol. The molecule has 3 N–H and O–H groups in total. The van der Waals surface area contributed by atoms with Gasteiger partial charge in [-0.05, 0) is 103 Å². The molecule has 3 atom stereocenters. The van der Waals surface area contributed by atoms with E-state index in [0.29, 0.717) is 17.4 Å². The van der Waals surface area contributed by atoms with Crippen molar-refractivity contribution in [3.63, 3.8) is 0 Å². The van der Waals surface area contributed by atoms with Crippen molar-refractivity contribution in [3.05, 3.63) is 134 Å². The van der Waals surface area contributed by atoms with Crippen LogP contribution in [0, 0.1) is 0 Å². The van der Waals surface area contributed by atoms with Gasteiger partial charge in [0.2, 0.25) is 5.91 Å². The van der Waals surface area contributed by atoms with Crippen LogP contribution in [-0.2, 0) is 18.4 Å². The number of nitrogens with zero attached hydrogens (tertiary/aromatic N) is 1. The van der Waals surface area contributed by atoms with Crippen LogP contribution in [0.5, 0.6) is 0 Å². The molecule has 74 heavy (non-hydrogen) atoms. The van der Waals surface area contributed by atoms with E-state index in [1.807, 2.05) is 27.2 Å². The summed E-state index contributed by atoms with van der Waals surface area (Å²) in [5.74, 6) is -0.195. The van der Waals surface area contributed by atoms with Crippen molar-refractivity contribution in [1.82, 2.24) is 5.32 Å². The molecule has 0 saturated heterocycles. The van der Waals surface area contributed by atoms with Crippen molar-refractivity contribution in [1.29, 1.82) is 0 Å². The van der Waals surface area contributed by atoms with Gasteiger partial charge in [-0.3, -0.25) is 13.8 Å². The zero-order valence-electron chi connectivity index (χ0n) is 48.0. The summed E-state index contributed by atoms with van der Waals surface area (Å²) >= 11 is 0. The molecule has 3 unspecified atom stereocenters. The number of unbranched alkanes of at least 4 members (excludes halogenated alkanes) is 19. The van der Waals surface area contributed by atoms with E-state index in [9.17, 15) is 19.4 Å². The van der Waals surface area contributed by atoms with E-state index < -0.39 is 20.0 Å². The Labute approximate surface area is 456 Å². The Hall–Kier alpha value is -3.36. The Bertz CT molecular complexity index is 1660. The fourth-order valence-corrected chi connectivity index (χ4v) is 8.49. The monoisotopic (exact) mass is 1050 g/mol. The lowest BCUT2D eigenvalue weighted by Crippen LogP contribution is -2.45. The maximum atomic E-state index is 12.9. The largest absolute Gasteiger partial charge is 0.472 e. The summed E-state index contributed by atoms with van der Waals surface area (Å²) in [6.45, 7) is 4.63. The normalized spacial score (nSPS) is 14.9. The number of carbonyl (C=O) groups excluding carboxylic acids is 1. The highest BCUT2D eigenvalue weighted by Crippen LogP contribution is 2.43. The number of carbonyl (C=O) groups is 1. The van der Waals surface area contributed by atoms with E-state index in [1.54, 1.807) is 6.08 Å². The number of phosphoric ester groups is 1. The number of amides is 1. The molecule has 422 valence electrons. The molecule has 0 radical (unpaired) electrons. The summed E-state index contributed by atoms with van der Waals surface area (Å²) in [7, 11) is 1.54. The number of likely N-dealkylation sites (N-methyl/N-ethyl adjacent to an activating group) is 1. The van der Waals surface area contributed by atoms with E-state index in [-0.39, 0.29) is 19.1 Å². The molecular weight excluding hydrogens is 936 g/mol. The summed E-state index contributed by atoms with van der Waals surface area (Å²) in [6, 6.07) is -0.870. The fourth-order valence-electron chi connectivity index (χ4n) is 7.76. The van der Waals surface area contributed by atoms with Crippen molar-refractivity contribution >= 4 is 13.7 Å². The molecule has 0 aromatic rings. The molecule has 0 aromatic heterocycles. The Morgan fingerprint density at radius 3 is 1.24 bits per heavy atom. The van der Waals surface area contributed by atoms with Crippen molar-refractivity contribution in [3.8, 4) is 0 Å². The van der Waals surface area contributed by atoms with Crippen molar-refractivity contribution in [2.75, 3.05) is 40.9 Å². The van der Waals surface area contributed by atoms with Crippen LogP contribution in [0.3, 0.4) is 0 Å². The Balaban J connectivity index is 4.02. The maximum Gasteiger partial charge on any atom is 0.472 e. The lowest BCUT2D eigenvalue weighted by molar-refractivity contribution is -0.870. The number of aliphatic hydroxyl groups excluding tert-OH is 1. The number of hydrogen-bond acceptors (Lipinski definition) is 5. The molecule has 0 aliphatic heterocycles. The average molecular weight is 1050 g/mol. The standard InChI is InChI=1S/C65H111N2O6P/c1-6-8-10-12-14-16-18-19-20-21-22-23-24-25-26-27-28-29-30-31-32-33-34-35-36-37-38-39-40-41-42-43-44-45-46-47-49-51-53-55-57-59-65(69)66-63(62-73-74(70,71)72-61-60-67(3,4)5)64(68)58-56-54-52-50-48-17-15-13-11-9-7-2/h8,10,14,16,19-20,22-23,25-26,28-29,31-32,34-35,37-38,48,50,56,58,63-64,68H,6-7,9,11-13,15,17-18,21,24,27,30,33,36,39-47,49,51-55,57,59-62H2,1-5H3,(H-,66,69,70,71)/p+1/b10-8-,16-14-,20-19-,23-22-,26-25-,29-28-,32-31-,35-34-,38-37-,50-48+,58-56+. The minimum atomic E-state index is -4.36. The van der Waals surface area contributed by atoms with Crippen LogP contribution in [0.1, 0.15) is 219 Å². The molecule has 0 fully saturated rings. The third kappa shape index (κ3) is 56.4. The highest BCUT2D eigenvalue weighted by molar-refractivity contribution is 7.47. The van der Waals surface area contributed by atoms with Crippen LogP contribution >= 0.6 is 7.82 Å². The first-order valence-electron chi connectivity index (χ1n) is 29.6. The van der Waals surface area contributed by atoms with Gasteiger partial charge < -0.3 is 19.8 Å². The maximum absolute atomic E-state index is 12.9. The Kier molecular flexibility index (Phi) is 52.0. The minimum absolute atomic E-state index is 0.0505. The van der Waals surface area contributed by atoms with Crippen molar-refractivity contribution in [2.45, 2.75) is 231 Å². The molecule has 0 aliphatic carbocycles. The van der Waals surface area contributed by atoms with Crippen molar-refractivity contribution < 1.29 is 32.9 Å². The van der Waals surface area contributed by atoms with E-state index in [0.717, 1.165) is 96.3 Å². The second-order valence-electron chi connectivity index (χ2n) is 20.6. The Morgan fingerprint density at radius 2 is 0.824 bits per heavy atom. The van der Waals surface area contributed by atoms with E-state index in [1.165, 1.54) is 103 Å². The smallest absolute Gasteiger partial charge is 0.387 e. The zero-order valence-corrected chi connectivity index (χ0v) is 48.9. The summed E-state index contributed by atoms with van der Waals surface area (Å²) in [5.41, 5.74) is 0. The van der Waals surface area contributed by atoms with E-state index in [4.69, 9.17) is 9.05 Å². The lowest BCUT2D eigenvalue weighted by atomic mass is 10.0. The molecule has 0 aromatic carbocycles. The van der Waals surface area contributed by atoms with Crippen LogP contribution in [0.15, 0.2) is 134 Å². The van der Waals surface area contributed by atoms with Crippen LogP contribution in [0.25, 0.3) is 0 Å². The predicted octanol–water partition coefficient (Wildman–Crippen LogP) is 18.3. The van der Waals surface area contributed by atoms with Gasteiger partial charge in [-0.15, -0.1) is 0 Å². The molecule has 0 spiro atoms. The van der Waals surface area contributed by atoms with Gasteiger partial charge >= 0.3 is 7.82 Å². The molecule has 1 amide bonds. The van der Waals surface area contributed by atoms with Crippen LogP contribution in [0.4, 0.5) is 0 Å². The highest BCUT2D eigenvalue weighted by Gasteiger charge is 2.27. The first kappa shape index (κ1) is 70.6. The van der Waals surface area contributed by atoms with Gasteiger partial charge in [-0.1, -0.05) is 244 Å². The first-order chi connectivity index (χ1) is 36.0. The van der Waals surface area contributed by atoms with Crippen molar-refractivity contribution in [2.24, 2.45) is 0 Å². The number of hydrogen-bond donors (Lipinski definition) is 3. The number of rotatable bonds is 52. The minimum Gasteiger partial charge on any atom is -0.387 e. The summed E-state index contributed by atoms with van der Waals surface area (Å²) < 4.78 is 23.6. The van der Waals surface area contributed by atoms with E-state index >= 15 is 0 Å². The summed E-state index contributed by atoms with van der Waals surface area (Å²) in [4.78, 5) is 23.2. The van der Waals surface area contributed by atoms with Crippen LogP contribution in [-0.4, -0.2) is 73.4 Å². The van der Waals surface area contributed by atoms with Gasteiger partial charge in [0.15, 0.2) is 0 Å².